The lowest BCUT2D eigenvalue weighted by Gasteiger charge is -2.10. The molecule has 114 valence electrons. The zero-order valence-electron chi connectivity index (χ0n) is 12.5. The number of carbonyl (C=O) groups excluding carboxylic acids is 1. The van der Waals surface area contributed by atoms with Crippen LogP contribution in [0.15, 0.2) is 36.4 Å². The number of aryl methyl sites for hydroxylation is 2. The fourth-order valence-electron chi connectivity index (χ4n) is 2.51. The van der Waals surface area contributed by atoms with Gasteiger partial charge < -0.3 is 15.4 Å². The summed E-state index contributed by atoms with van der Waals surface area (Å²) in [7, 11) is 0. The van der Waals surface area contributed by atoms with E-state index in [1.165, 1.54) is 0 Å². The molecule has 3 N–H and O–H groups in total. The summed E-state index contributed by atoms with van der Waals surface area (Å²) in [6.07, 6.45) is -0.697. The van der Waals surface area contributed by atoms with E-state index in [-0.39, 0.29) is 12.5 Å². The summed E-state index contributed by atoms with van der Waals surface area (Å²) in [6, 6.07) is 11.9. The van der Waals surface area contributed by atoms with Gasteiger partial charge in [-0.15, -0.1) is 11.3 Å². The van der Waals surface area contributed by atoms with Crippen molar-refractivity contribution in [2.24, 2.45) is 0 Å². The van der Waals surface area contributed by atoms with Crippen molar-refractivity contribution in [2.45, 2.75) is 20.0 Å². The molecule has 0 spiro atoms. The van der Waals surface area contributed by atoms with Gasteiger partial charge in [0.1, 0.15) is 11.8 Å². The van der Waals surface area contributed by atoms with Crippen LogP contribution in [-0.4, -0.2) is 22.5 Å². The molecule has 2 aromatic heterocycles. The Balaban J connectivity index is 1.68. The van der Waals surface area contributed by atoms with E-state index in [4.69, 9.17) is 0 Å². The molecule has 1 unspecified atom stereocenters. The van der Waals surface area contributed by atoms with Crippen LogP contribution in [0.3, 0.4) is 0 Å². The van der Waals surface area contributed by atoms with Crippen LogP contribution in [0, 0.1) is 13.8 Å². The van der Waals surface area contributed by atoms with Crippen LogP contribution in [0.4, 0.5) is 0 Å². The van der Waals surface area contributed by atoms with Crippen LogP contribution < -0.4 is 5.32 Å². The molecule has 5 heteroatoms. The summed E-state index contributed by atoms with van der Waals surface area (Å²) < 4.78 is 1.14. The van der Waals surface area contributed by atoms with E-state index in [2.05, 4.69) is 10.3 Å². The molecule has 1 atom stereocenters. The lowest BCUT2D eigenvalue weighted by atomic mass is 10.2. The molecule has 2 heterocycles. The molecule has 3 aromatic rings. The van der Waals surface area contributed by atoms with Gasteiger partial charge in [0.05, 0.1) is 0 Å². The van der Waals surface area contributed by atoms with Gasteiger partial charge in [0, 0.05) is 21.8 Å². The van der Waals surface area contributed by atoms with E-state index in [9.17, 15) is 9.90 Å². The lowest BCUT2D eigenvalue weighted by Crippen LogP contribution is -2.28. The maximum atomic E-state index is 12.1. The lowest BCUT2D eigenvalue weighted by molar-refractivity contribution is 0.0913. The predicted molar refractivity (Wildman–Crippen MR) is 89.4 cm³/mol. The molecule has 0 aliphatic heterocycles. The third kappa shape index (κ3) is 2.91. The second-order valence-corrected chi connectivity index (χ2v) is 6.54. The average molecular weight is 314 g/mol. The van der Waals surface area contributed by atoms with Crippen molar-refractivity contribution in [1.82, 2.24) is 10.3 Å². The summed E-state index contributed by atoms with van der Waals surface area (Å²) >= 11 is 1.55. The van der Waals surface area contributed by atoms with E-state index in [1.807, 2.05) is 50.2 Å². The number of nitrogens with one attached hydrogen (secondary N) is 2. The second-order valence-electron chi connectivity index (χ2n) is 5.42. The Morgan fingerprint density at radius 1 is 1.32 bits per heavy atom. The first-order chi connectivity index (χ1) is 10.5. The number of fused-ring (bicyclic) bond motifs is 1. The number of benzene rings is 1. The first-order valence-corrected chi connectivity index (χ1v) is 7.97. The molecule has 0 aliphatic rings. The number of hydrogen-bond acceptors (Lipinski definition) is 3. The molecule has 22 heavy (non-hydrogen) atoms. The van der Waals surface area contributed by atoms with Gasteiger partial charge in [0.2, 0.25) is 0 Å². The molecule has 0 bridgehead atoms. The van der Waals surface area contributed by atoms with Crippen molar-refractivity contribution in [3.8, 4) is 0 Å². The van der Waals surface area contributed by atoms with E-state index in [0.717, 1.165) is 26.2 Å². The standard InChI is InChI=1S/C17H18N2O2S/c1-10-7-11(2)19-16(10)17(21)18-9-13(20)15-8-12-5-3-4-6-14(12)22-15/h3-8,13,19-20H,9H2,1-2H3,(H,18,21). The van der Waals surface area contributed by atoms with Crippen molar-refractivity contribution < 1.29 is 9.90 Å². The zero-order valence-corrected chi connectivity index (χ0v) is 13.3. The van der Waals surface area contributed by atoms with Crippen molar-refractivity contribution in [3.05, 3.63) is 58.2 Å². The number of rotatable bonds is 4. The van der Waals surface area contributed by atoms with E-state index in [1.54, 1.807) is 11.3 Å². The Labute approximate surface area is 132 Å². The molecule has 4 nitrogen and oxygen atoms in total. The minimum atomic E-state index is -0.697. The molecular formula is C17H18N2O2S. The van der Waals surface area contributed by atoms with Crippen LogP contribution in [0.5, 0.6) is 0 Å². The van der Waals surface area contributed by atoms with Gasteiger partial charge in [-0.25, -0.2) is 0 Å². The SMILES string of the molecule is Cc1cc(C)c(C(=O)NCC(O)c2cc3ccccc3s2)[nH]1. The summed E-state index contributed by atoms with van der Waals surface area (Å²) in [6.45, 7) is 4.00. The summed E-state index contributed by atoms with van der Waals surface area (Å²) in [5.74, 6) is -0.189. The number of H-pyrrole nitrogens is 1. The average Bonchev–Trinajstić information content (AvgIpc) is 3.07. The van der Waals surface area contributed by atoms with Crippen molar-refractivity contribution in [1.29, 1.82) is 0 Å². The number of thiophene rings is 1. The van der Waals surface area contributed by atoms with E-state index in [0.29, 0.717) is 5.69 Å². The second kappa shape index (κ2) is 5.94. The molecule has 1 aromatic carbocycles. The van der Waals surface area contributed by atoms with Gasteiger partial charge in [-0.2, -0.15) is 0 Å². The third-order valence-electron chi connectivity index (χ3n) is 3.61. The van der Waals surface area contributed by atoms with Crippen LogP contribution in [0.1, 0.15) is 32.7 Å². The molecule has 0 fully saturated rings. The number of hydrogen-bond donors (Lipinski definition) is 3. The highest BCUT2D eigenvalue weighted by Crippen LogP contribution is 2.29. The Morgan fingerprint density at radius 2 is 2.09 bits per heavy atom. The Morgan fingerprint density at radius 3 is 2.77 bits per heavy atom. The number of aromatic amines is 1. The Bertz CT molecular complexity index is 786. The van der Waals surface area contributed by atoms with Gasteiger partial charge in [-0.05, 0) is 43.0 Å². The largest absolute Gasteiger partial charge is 0.386 e. The molecule has 0 radical (unpaired) electrons. The molecular weight excluding hydrogens is 296 g/mol. The van der Waals surface area contributed by atoms with Crippen LogP contribution in [-0.2, 0) is 0 Å². The first-order valence-electron chi connectivity index (χ1n) is 7.15. The monoisotopic (exact) mass is 314 g/mol. The number of aliphatic hydroxyl groups excluding tert-OH is 1. The molecule has 3 rings (SSSR count). The highest BCUT2D eigenvalue weighted by molar-refractivity contribution is 7.19. The van der Waals surface area contributed by atoms with Gasteiger partial charge in [-0.3, -0.25) is 4.79 Å². The van der Waals surface area contributed by atoms with E-state index < -0.39 is 6.10 Å². The smallest absolute Gasteiger partial charge is 0.268 e. The van der Waals surface area contributed by atoms with Gasteiger partial charge >= 0.3 is 0 Å². The number of carbonyl (C=O) groups is 1. The number of aliphatic hydroxyl groups is 1. The third-order valence-corrected chi connectivity index (χ3v) is 4.82. The Kier molecular flexibility index (Phi) is 4.00. The first kappa shape index (κ1) is 14.8. The minimum absolute atomic E-state index is 0.189. The van der Waals surface area contributed by atoms with Gasteiger partial charge in [-0.1, -0.05) is 18.2 Å². The van der Waals surface area contributed by atoms with Crippen molar-refractivity contribution in [3.63, 3.8) is 0 Å². The molecule has 0 saturated heterocycles. The van der Waals surface area contributed by atoms with Crippen LogP contribution in [0.2, 0.25) is 0 Å². The normalized spacial score (nSPS) is 12.5. The number of aromatic nitrogens is 1. The maximum absolute atomic E-state index is 12.1. The zero-order chi connectivity index (χ0) is 15.7. The van der Waals surface area contributed by atoms with Gasteiger partial charge in [0.15, 0.2) is 0 Å². The van der Waals surface area contributed by atoms with Crippen LogP contribution in [0.25, 0.3) is 10.1 Å². The highest BCUT2D eigenvalue weighted by Gasteiger charge is 2.15. The van der Waals surface area contributed by atoms with E-state index >= 15 is 0 Å². The molecule has 0 saturated carbocycles. The summed E-state index contributed by atoms with van der Waals surface area (Å²) in [5.41, 5.74) is 2.42. The van der Waals surface area contributed by atoms with Gasteiger partial charge in [0.25, 0.3) is 5.91 Å². The fraction of sp³-hybridized carbons (Fsp3) is 0.235. The fourth-order valence-corrected chi connectivity index (χ4v) is 3.56. The minimum Gasteiger partial charge on any atom is -0.386 e. The van der Waals surface area contributed by atoms with Crippen molar-refractivity contribution in [2.75, 3.05) is 6.54 Å². The quantitative estimate of drug-likeness (QED) is 0.692. The molecule has 0 aliphatic carbocycles. The Hall–Kier alpha value is -2.11. The summed E-state index contributed by atoms with van der Waals surface area (Å²) in [4.78, 5) is 16.0. The predicted octanol–water partition coefficient (Wildman–Crippen LogP) is 3.31. The maximum Gasteiger partial charge on any atom is 0.268 e. The molecule has 1 amide bonds. The highest BCUT2D eigenvalue weighted by atomic mass is 32.1. The van der Waals surface area contributed by atoms with Crippen molar-refractivity contribution >= 4 is 27.3 Å². The van der Waals surface area contributed by atoms with Crippen LogP contribution >= 0.6 is 11.3 Å². The number of amides is 1. The summed E-state index contributed by atoms with van der Waals surface area (Å²) in [5, 5.41) is 14.2. The topological polar surface area (TPSA) is 65.1 Å².